The summed E-state index contributed by atoms with van der Waals surface area (Å²) in [5, 5.41) is 9.04. The van der Waals surface area contributed by atoms with Gasteiger partial charge in [0.2, 0.25) is 0 Å². The van der Waals surface area contributed by atoms with E-state index in [1.165, 1.54) is 96.3 Å². The molecule has 0 aromatic heterocycles. The van der Waals surface area contributed by atoms with Crippen LogP contribution < -0.4 is 0 Å². The summed E-state index contributed by atoms with van der Waals surface area (Å²) < 4.78 is 16.8. The maximum atomic E-state index is 9.04. The van der Waals surface area contributed by atoms with Gasteiger partial charge in [-0.25, -0.2) is 0 Å². The van der Waals surface area contributed by atoms with E-state index in [0.29, 0.717) is 5.92 Å². The number of hydrogen-bond acceptors (Lipinski definition) is 4. The van der Waals surface area contributed by atoms with Crippen LogP contribution in [0.4, 0.5) is 0 Å². The summed E-state index contributed by atoms with van der Waals surface area (Å²) in [5.74, 6) is 0.482. The third-order valence-electron chi connectivity index (χ3n) is 7.20. The molecule has 0 saturated heterocycles. The summed E-state index contributed by atoms with van der Waals surface area (Å²) in [6.45, 7) is 6.97. The first-order valence-corrected chi connectivity index (χ1v) is 16.2. The minimum Gasteiger partial charge on any atom is -0.394 e. The first-order valence-electron chi connectivity index (χ1n) is 13.9. The van der Waals surface area contributed by atoms with E-state index in [4.69, 9.17) is 30.0 Å². The summed E-state index contributed by atoms with van der Waals surface area (Å²) in [7, 11) is 0.580. The predicted molar refractivity (Wildman–Crippen MR) is 145 cm³/mol. The number of hydrogen-bond donors (Lipinski definition) is 1. The molecule has 6 heteroatoms. The van der Waals surface area contributed by atoms with Gasteiger partial charge in [0.15, 0.2) is 0 Å². The Morgan fingerprint density at radius 1 is 0.788 bits per heavy atom. The van der Waals surface area contributed by atoms with Crippen LogP contribution in [0.15, 0.2) is 0 Å². The average molecular weight is 509 g/mol. The number of aliphatic hydroxyl groups excluding tert-OH is 1. The second kappa shape index (κ2) is 21.6. The second-order valence-corrected chi connectivity index (χ2v) is 13.9. The highest BCUT2D eigenvalue weighted by Gasteiger charge is 2.39. The molecule has 4 nitrogen and oxygen atoms in total. The Morgan fingerprint density at radius 3 is 1.67 bits per heavy atom. The summed E-state index contributed by atoms with van der Waals surface area (Å²) in [5.41, 5.74) is 0. The number of rotatable bonds is 25. The monoisotopic (exact) mass is 508 g/mol. The normalized spacial score (nSPS) is 15.0. The molecule has 0 amide bonds. The van der Waals surface area contributed by atoms with E-state index in [1.807, 2.05) is 0 Å². The van der Waals surface area contributed by atoms with E-state index in [2.05, 4.69) is 20.8 Å². The Hall–Kier alpha value is 0.347. The Kier molecular flexibility index (Phi) is 21.8. The van der Waals surface area contributed by atoms with Gasteiger partial charge in [-0.05, 0) is 32.1 Å². The average Bonchev–Trinajstić information content (AvgIpc) is 2.81. The highest BCUT2D eigenvalue weighted by Crippen LogP contribution is 2.35. The summed E-state index contributed by atoms with van der Waals surface area (Å²) in [6, 6.07) is 0.730. The van der Waals surface area contributed by atoms with Gasteiger partial charge in [0.25, 0.3) is 0 Å². The van der Waals surface area contributed by atoms with Crippen LogP contribution in [0.3, 0.4) is 0 Å². The molecular formula is C27H57ClO4Si. The lowest BCUT2D eigenvalue weighted by atomic mass is 9.86. The number of unbranched alkanes of at least 4 members (excludes halogenated alkanes) is 13. The van der Waals surface area contributed by atoms with E-state index in [-0.39, 0.29) is 18.1 Å². The van der Waals surface area contributed by atoms with Crippen molar-refractivity contribution in [2.75, 3.05) is 27.4 Å². The molecule has 33 heavy (non-hydrogen) atoms. The Morgan fingerprint density at radius 2 is 1.24 bits per heavy atom. The van der Waals surface area contributed by atoms with E-state index in [0.717, 1.165) is 18.9 Å². The van der Waals surface area contributed by atoms with Crippen molar-refractivity contribution in [2.45, 2.75) is 141 Å². The van der Waals surface area contributed by atoms with Crippen LogP contribution in [0.5, 0.6) is 0 Å². The molecule has 0 aromatic carbocycles. The largest absolute Gasteiger partial charge is 0.500 e. The molecule has 0 aromatic rings. The zero-order chi connectivity index (χ0) is 24.8. The van der Waals surface area contributed by atoms with Gasteiger partial charge in [-0.2, -0.15) is 0 Å². The number of aliphatic hydroxyl groups is 1. The standard InChI is InChI=1S/C27H57ClO4Si/c1-6-7-8-9-10-11-12-13-14-15-16-17-18-19-21-26(2)27(3,28)22-20-25-33(30-4,31-5)32-24-23-29/h26,29H,6-25H2,1-5H3. The number of alkyl halides is 1. The van der Waals surface area contributed by atoms with Gasteiger partial charge >= 0.3 is 8.80 Å². The Labute approximate surface area is 212 Å². The second-order valence-electron chi connectivity index (χ2n) is 10.1. The molecule has 2 unspecified atom stereocenters. The van der Waals surface area contributed by atoms with Crippen LogP contribution in [0.25, 0.3) is 0 Å². The molecule has 0 saturated carbocycles. The van der Waals surface area contributed by atoms with E-state index < -0.39 is 8.80 Å². The lowest BCUT2D eigenvalue weighted by Crippen LogP contribution is -2.44. The maximum Gasteiger partial charge on any atom is 0.500 e. The van der Waals surface area contributed by atoms with Crippen LogP contribution in [-0.4, -0.2) is 46.2 Å². The lowest BCUT2D eigenvalue weighted by Gasteiger charge is -2.31. The van der Waals surface area contributed by atoms with Crippen molar-refractivity contribution in [3.05, 3.63) is 0 Å². The van der Waals surface area contributed by atoms with Crippen molar-refractivity contribution in [2.24, 2.45) is 5.92 Å². The van der Waals surface area contributed by atoms with Gasteiger partial charge in [-0.1, -0.05) is 104 Å². The van der Waals surface area contributed by atoms with Crippen molar-refractivity contribution in [1.82, 2.24) is 0 Å². The molecule has 2 atom stereocenters. The van der Waals surface area contributed by atoms with Crippen LogP contribution in [0.2, 0.25) is 6.04 Å². The van der Waals surface area contributed by atoms with Crippen LogP contribution in [0.1, 0.15) is 130 Å². The van der Waals surface area contributed by atoms with Crippen LogP contribution >= 0.6 is 11.6 Å². The molecule has 0 aliphatic rings. The molecule has 0 rings (SSSR count). The molecular weight excluding hydrogens is 452 g/mol. The zero-order valence-electron chi connectivity index (χ0n) is 22.8. The third-order valence-corrected chi connectivity index (χ3v) is 10.6. The van der Waals surface area contributed by atoms with Crippen molar-refractivity contribution >= 4 is 20.4 Å². The van der Waals surface area contributed by atoms with Crippen LogP contribution in [-0.2, 0) is 13.3 Å². The van der Waals surface area contributed by atoms with Gasteiger partial charge < -0.3 is 18.4 Å². The van der Waals surface area contributed by atoms with Crippen molar-refractivity contribution in [1.29, 1.82) is 0 Å². The quantitative estimate of drug-likeness (QED) is 0.0762. The van der Waals surface area contributed by atoms with Gasteiger partial charge in [-0.3, -0.25) is 0 Å². The fourth-order valence-electron chi connectivity index (χ4n) is 4.52. The zero-order valence-corrected chi connectivity index (χ0v) is 24.5. The van der Waals surface area contributed by atoms with Gasteiger partial charge in [0, 0.05) is 25.1 Å². The molecule has 0 bridgehead atoms. The fraction of sp³-hybridized carbons (Fsp3) is 1.00. The molecule has 0 heterocycles. The maximum absolute atomic E-state index is 9.04. The lowest BCUT2D eigenvalue weighted by molar-refractivity contribution is 0.0778. The summed E-state index contributed by atoms with van der Waals surface area (Å²) >= 11 is 6.92. The molecule has 0 aliphatic carbocycles. The van der Waals surface area contributed by atoms with E-state index in [9.17, 15) is 0 Å². The first-order chi connectivity index (χ1) is 15.9. The topological polar surface area (TPSA) is 47.9 Å². The van der Waals surface area contributed by atoms with Gasteiger partial charge in [-0.15, -0.1) is 11.6 Å². The molecule has 0 fully saturated rings. The van der Waals surface area contributed by atoms with Crippen LogP contribution in [0, 0.1) is 5.92 Å². The van der Waals surface area contributed by atoms with Crippen molar-refractivity contribution in [3.63, 3.8) is 0 Å². The predicted octanol–water partition coefficient (Wildman–Crippen LogP) is 8.51. The fourth-order valence-corrected chi connectivity index (χ4v) is 6.73. The summed E-state index contributed by atoms with van der Waals surface area (Å²) in [4.78, 5) is -0.213. The SMILES string of the molecule is CCCCCCCCCCCCCCCCC(C)C(C)(Cl)CCC[Si](OC)(OC)OCCO. The number of halogens is 1. The molecule has 1 N–H and O–H groups in total. The minimum atomic E-state index is -2.68. The first kappa shape index (κ1) is 33.3. The van der Waals surface area contributed by atoms with E-state index in [1.54, 1.807) is 14.2 Å². The van der Waals surface area contributed by atoms with Crippen molar-refractivity contribution < 1.29 is 18.4 Å². The Bertz CT molecular complexity index is 419. The molecule has 0 aliphatic heterocycles. The van der Waals surface area contributed by atoms with Gasteiger partial charge in [0.05, 0.1) is 13.2 Å². The van der Waals surface area contributed by atoms with E-state index >= 15 is 0 Å². The summed E-state index contributed by atoms with van der Waals surface area (Å²) in [6.07, 6.45) is 22.6. The molecule has 0 radical (unpaired) electrons. The molecule has 0 spiro atoms. The highest BCUT2D eigenvalue weighted by atomic mass is 35.5. The van der Waals surface area contributed by atoms with Crippen molar-refractivity contribution in [3.8, 4) is 0 Å². The highest BCUT2D eigenvalue weighted by molar-refractivity contribution is 6.60. The minimum absolute atomic E-state index is 0.0229. The van der Waals surface area contributed by atoms with Gasteiger partial charge in [0.1, 0.15) is 0 Å². The Balaban J connectivity index is 3.79. The molecule has 200 valence electrons. The third kappa shape index (κ3) is 17.4. The smallest absolute Gasteiger partial charge is 0.394 e.